The second-order valence-corrected chi connectivity index (χ2v) is 5.21. The van der Waals surface area contributed by atoms with Gasteiger partial charge >= 0.3 is 17.9 Å². The molecule has 4 rings (SSSR count). The zero-order valence-electron chi connectivity index (χ0n) is 11.6. The van der Waals surface area contributed by atoms with Gasteiger partial charge in [-0.25, -0.2) is 14.4 Å². The van der Waals surface area contributed by atoms with E-state index in [1.165, 1.54) is 24.3 Å². The van der Waals surface area contributed by atoms with Crippen molar-refractivity contribution < 1.29 is 28.7 Å². The van der Waals surface area contributed by atoms with Crippen LogP contribution in [0.5, 0.6) is 0 Å². The molecular formula is C17H8O6. The van der Waals surface area contributed by atoms with Crippen molar-refractivity contribution >= 4 is 23.7 Å². The van der Waals surface area contributed by atoms with Crippen LogP contribution in [-0.4, -0.2) is 23.7 Å². The number of hydrogen-bond donors (Lipinski definition) is 0. The Hall–Kier alpha value is -3.28. The summed E-state index contributed by atoms with van der Waals surface area (Å²) in [5, 5.41) is 0. The van der Waals surface area contributed by atoms with E-state index in [1.54, 1.807) is 12.1 Å². The van der Waals surface area contributed by atoms with Gasteiger partial charge in [0.15, 0.2) is 5.78 Å². The predicted octanol–water partition coefficient (Wildman–Crippen LogP) is 1.90. The lowest BCUT2D eigenvalue weighted by Crippen LogP contribution is -2.05. The highest BCUT2D eigenvalue weighted by molar-refractivity contribution is 6.17. The molecule has 0 spiro atoms. The Balaban J connectivity index is 1.75. The number of hydrogen-bond acceptors (Lipinski definition) is 6. The summed E-state index contributed by atoms with van der Waals surface area (Å²) in [6.07, 6.45) is 0. The molecule has 6 heteroatoms. The van der Waals surface area contributed by atoms with E-state index in [4.69, 9.17) is 4.74 Å². The molecule has 0 bridgehead atoms. The Bertz CT molecular complexity index is 925. The molecule has 0 saturated heterocycles. The summed E-state index contributed by atoms with van der Waals surface area (Å²) in [4.78, 5) is 47.1. The lowest BCUT2D eigenvalue weighted by atomic mass is 9.97. The van der Waals surface area contributed by atoms with Gasteiger partial charge in [-0.2, -0.15) is 0 Å². The van der Waals surface area contributed by atoms with Crippen LogP contribution < -0.4 is 0 Å². The average molecular weight is 308 g/mol. The lowest BCUT2D eigenvalue weighted by Gasteiger charge is -2.03. The quantitative estimate of drug-likeness (QED) is 0.478. The molecule has 6 nitrogen and oxygen atoms in total. The number of fused-ring (bicyclic) bond motifs is 2. The molecule has 23 heavy (non-hydrogen) atoms. The third kappa shape index (κ3) is 1.96. The van der Waals surface area contributed by atoms with Gasteiger partial charge in [-0.3, -0.25) is 4.79 Å². The normalized spacial score (nSPS) is 15.0. The topological polar surface area (TPSA) is 86.7 Å². The van der Waals surface area contributed by atoms with E-state index in [0.717, 1.165) is 5.56 Å². The van der Waals surface area contributed by atoms with Crippen molar-refractivity contribution in [3.63, 3.8) is 0 Å². The van der Waals surface area contributed by atoms with E-state index in [0.29, 0.717) is 11.1 Å². The number of benzene rings is 2. The van der Waals surface area contributed by atoms with Crippen LogP contribution in [0.25, 0.3) is 0 Å². The van der Waals surface area contributed by atoms with Gasteiger partial charge in [0, 0.05) is 16.7 Å². The van der Waals surface area contributed by atoms with Gasteiger partial charge in [-0.15, -0.1) is 0 Å². The summed E-state index contributed by atoms with van der Waals surface area (Å²) < 4.78 is 9.40. The van der Waals surface area contributed by atoms with Crippen molar-refractivity contribution in [3.05, 3.63) is 69.8 Å². The number of cyclic esters (lactones) is 3. The number of ketones is 1. The fraction of sp³-hybridized carbons (Fsp3) is 0.0588. The SMILES string of the molecule is O=C(c1ccc2c(c1)C(=O)OC2)c1ccc2c(c1)C(=O)OC2=O. The summed E-state index contributed by atoms with van der Waals surface area (Å²) in [7, 11) is 0. The maximum Gasteiger partial charge on any atom is 0.346 e. The van der Waals surface area contributed by atoms with Crippen LogP contribution in [0.2, 0.25) is 0 Å². The highest BCUT2D eigenvalue weighted by atomic mass is 16.6. The third-order valence-electron chi connectivity index (χ3n) is 3.86. The summed E-state index contributed by atoms with van der Waals surface area (Å²) in [6, 6.07) is 8.91. The molecule has 0 aliphatic carbocycles. The number of ether oxygens (including phenoxy) is 2. The third-order valence-corrected chi connectivity index (χ3v) is 3.86. The van der Waals surface area contributed by atoms with E-state index < -0.39 is 17.9 Å². The first-order valence-corrected chi connectivity index (χ1v) is 6.80. The van der Waals surface area contributed by atoms with Crippen LogP contribution in [0.1, 0.15) is 52.6 Å². The highest BCUT2D eigenvalue weighted by Crippen LogP contribution is 2.25. The Morgan fingerprint density at radius 1 is 0.783 bits per heavy atom. The van der Waals surface area contributed by atoms with Gasteiger partial charge in [0.1, 0.15) is 6.61 Å². The van der Waals surface area contributed by atoms with Crippen molar-refractivity contribution in [2.75, 3.05) is 0 Å². The van der Waals surface area contributed by atoms with Gasteiger partial charge in [-0.05, 0) is 18.2 Å². The zero-order chi connectivity index (χ0) is 16.1. The Kier molecular flexibility index (Phi) is 2.68. The standard InChI is InChI=1S/C17H8O6/c18-14(8-1-2-10-7-22-15(19)12(10)5-8)9-3-4-11-13(6-9)17(21)23-16(11)20/h1-6H,7H2. The molecule has 2 aliphatic heterocycles. The Morgan fingerprint density at radius 3 is 2.22 bits per heavy atom. The Morgan fingerprint density at radius 2 is 1.43 bits per heavy atom. The second-order valence-electron chi connectivity index (χ2n) is 5.21. The van der Waals surface area contributed by atoms with Crippen molar-refractivity contribution in [2.24, 2.45) is 0 Å². The van der Waals surface area contributed by atoms with Crippen LogP contribution in [0.3, 0.4) is 0 Å². The van der Waals surface area contributed by atoms with Crippen LogP contribution in [0, 0.1) is 0 Å². The van der Waals surface area contributed by atoms with E-state index in [1.807, 2.05) is 0 Å². The van der Waals surface area contributed by atoms with Gasteiger partial charge in [0.25, 0.3) is 0 Å². The average Bonchev–Trinajstić information content (AvgIpc) is 3.07. The lowest BCUT2D eigenvalue weighted by molar-refractivity contribution is 0.0442. The largest absolute Gasteiger partial charge is 0.457 e. The molecule has 0 aromatic heterocycles. The van der Waals surface area contributed by atoms with Crippen molar-refractivity contribution in [1.82, 2.24) is 0 Å². The van der Waals surface area contributed by atoms with Crippen molar-refractivity contribution in [1.29, 1.82) is 0 Å². The molecule has 0 fully saturated rings. The predicted molar refractivity (Wildman–Crippen MR) is 75.2 cm³/mol. The molecule has 0 N–H and O–H groups in total. The van der Waals surface area contributed by atoms with Crippen LogP contribution in [-0.2, 0) is 16.1 Å². The summed E-state index contributed by atoms with van der Waals surface area (Å²) >= 11 is 0. The molecule has 2 aromatic rings. The summed E-state index contributed by atoms with van der Waals surface area (Å²) in [5.41, 5.74) is 1.86. The fourth-order valence-corrected chi connectivity index (χ4v) is 2.65. The summed E-state index contributed by atoms with van der Waals surface area (Å²) in [5.74, 6) is -2.30. The van der Waals surface area contributed by atoms with E-state index >= 15 is 0 Å². The van der Waals surface area contributed by atoms with Crippen molar-refractivity contribution in [2.45, 2.75) is 6.61 Å². The minimum atomic E-state index is -0.766. The minimum Gasteiger partial charge on any atom is -0.457 e. The first kappa shape index (κ1) is 13.4. The number of rotatable bonds is 2. The maximum atomic E-state index is 12.6. The molecule has 0 atom stereocenters. The molecule has 0 amide bonds. The molecular weight excluding hydrogens is 300 g/mol. The van der Waals surface area contributed by atoms with Crippen LogP contribution in [0.4, 0.5) is 0 Å². The first-order chi connectivity index (χ1) is 11.0. The smallest absolute Gasteiger partial charge is 0.346 e. The van der Waals surface area contributed by atoms with Gasteiger partial charge in [0.05, 0.1) is 16.7 Å². The summed E-state index contributed by atoms with van der Waals surface area (Å²) in [6.45, 7) is 0.204. The van der Waals surface area contributed by atoms with Gasteiger partial charge in [0.2, 0.25) is 0 Å². The number of esters is 3. The van der Waals surface area contributed by atoms with Crippen LogP contribution >= 0.6 is 0 Å². The minimum absolute atomic E-state index is 0.0708. The molecule has 0 saturated carbocycles. The maximum absolute atomic E-state index is 12.6. The second kappa shape index (κ2) is 4.61. The van der Waals surface area contributed by atoms with Gasteiger partial charge < -0.3 is 9.47 Å². The van der Waals surface area contributed by atoms with E-state index in [9.17, 15) is 19.2 Å². The molecule has 2 aromatic carbocycles. The fourth-order valence-electron chi connectivity index (χ4n) is 2.65. The highest BCUT2D eigenvalue weighted by Gasteiger charge is 2.30. The molecule has 112 valence electrons. The molecule has 2 aliphatic rings. The van der Waals surface area contributed by atoms with Crippen molar-refractivity contribution in [3.8, 4) is 0 Å². The zero-order valence-corrected chi connectivity index (χ0v) is 11.6. The number of carbonyl (C=O) groups excluding carboxylic acids is 4. The van der Waals surface area contributed by atoms with Crippen LogP contribution in [0.15, 0.2) is 36.4 Å². The Labute approximate surface area is 129 Å². The molecule has 0 unspecified atom stereocenters. The first-order valence-electron chi connectivity index (χ1n) is 6.80. The van der Waals surface area contributed by atoms with E-state index in [-0.39, 0.29) is 29.1 Å². The molecule has 0 radical (unpaired) electrons. The monoisotopic (exact) mass is 308 g/mol. The molecule has 2 heterocycles. The number of carbonyl (C=O) groups is 4. The van der Waals surface area contributed by atoms with Gasteiger partial charge in [-0.1, -0.05) is 18.2 Å². The van der Waals surface area contributed by atoms with E-state index in [2.05, 4.69) is 4.74 Å².